The smallest absolute Gasteiger partial charge is 0.257 e. The van der Waals surface area contributed by atoms with Gasteiger partial charge in [0.2, 0.25) is 0 Å². The number of carbonyl (C=O) groups excluding carboxylic acids is 1. The van der Waals surface area contributed by atoms with Gasteiger partial charge in [0, 0.05) is 15.6 Å². The number of amides is 1. The molecule has 5 heteroatoms. The molecule has 2 rings (SSSR count). The number of nitrogens with one attached hydrogen (secondary N) is 1. The summed E-state index contributed by atoms with van der Waals surface area (Å²) in [5.41, 5.74) is 3.30. The first-order chi connectivity index (χ1) is 11.0. The van der Waals surface area contributed by atoms with Crippen molar-refractivity contribution in [1.82, 2.24) is 0 Å². The van der Waals surface area contributed by atoms with Gasteiger partial charge in [0.15, 0.2) is 0 Å². The van der Waals surface area contributed by atoms with Crippen molar-refractivity contribution in [2.24, 2.45) is 0 Å². The van der Waals surface area contributed by atoms with Gasteiger partial charge >= 0.3 is 0 Å². The molecule has 0 unspecified atom stereocenters. The molecule has 0 aliphatic rings. The monoisotopic (exact) mass is 367 g/mol. The summed E-state index contributed by atoms with van der Waals surface area (Å²) in [5, 5.41) is 4.13. The molecule has 0 heterocycles. The fourth-order valence-electron chi connectivity index (χ4n) is 2.45. The molecule has 0 saturated carbocycles. The van der Waals surface area contributed by atoms with Gasteiger partial charge in [0.25, 0.3) is 5.91 Å². The molecular weight excluding hydrogens is 349 g/mol. The summed E-state index contributed by atoms with van der Waals surface area (Å²) in [7, 11) is 0. The van der Waals surface area contributed by atoms with Crippen LogP contribution in [0.4, 0.5) is 5.69 Å². The predicted octanol–water partition coefficient (Wildman–Crippen LogP) is 6.09. The van der Waals surface area contributed by atoms with Crippen LogP contribution in [0.25, 0.3) is 0 Å². The second-order valence-corrected chi connectivity index (χ2v) is 6.76. The second-order valence-electron chi connectivity index (χ2n) is 5.07. The van der Waals surface area contributed by atoms with E-state index in [1.54, 1.807) is 17.8 Å². The maximum atomic E-state index is 12.7. The fourth-order valence-corrected chi connectivity index (χ4v) is 3.39. The molecule has 2 aromatic rings. The summed E-state index contributed by atoms with van der Waals surface area (Å²) in [6.45, 7) is 4.08. The molecule has 0 saturated heterocycles. The average Bonchev–Trinajstić information content (AvgIpc) is 2.55. The molecule has 122 valence electrons. The second kappa shape index (κ2) is 8.09. The van der Waals surface area contributed by atoms with Gasteiger partial charge in [0.1, 0.15) is 0 Å². The number of thioether (sulfide) groups is 1. The molecule has 0 atom stereocenters. The Morgan fingerprint density at radius 1 is 1.09 bits per heavy atom. The van der Waals surface area contributed by atoms with E-state index < -0.39 is 0 Å². The van der Waals surface area contributed by atoms with Crippen LogP contribution >= 0.6 is 35.0 Å². The highest BCUT2D eigenvalue weighted by Crippen LogP contribution is 2.31. The zero-order chi connectivity index (χ0) is 17.0. The van der Waals surface area contributed by atoms with Crippen LogP contribution in [0.3, 0.4) is 0 Å². The lowest BCUT2D eigenvalue weighted by Gasteiger charge is -2.16. The first-order valence-corrected chi connectivity index (χ1v) is 9.45. The topological polar surface area (TPSA) is 29.1 Å². The van der Waals surface area contributed by atoms with Gasteiger partial charge in [-0.25, -0.2) is 0 Å². The van der Waals surface area contributed by atoms with Crippen molar-refractivity contribution in [1.29, 1.82) is 0 Å². The molecule has 0 fully saturated rings. The number of carbonyl (C=O) groups is 1. The summed E-state index contributed by atoms with van der Waals surface area (Å²) in [4.78, 5) is 13.7. The van der Waals surface area contributed by atoms with E-state index in [1.165, 1.54) is 0 Å². The molecule has 1 N–H and O–H groups in total. The standard InChI is InChI=1S/C18H19Cl2NOS/c1-4-11-6-8-15(19)13(5-2)17(11)21-18(22)14-10-12(23-3)7-9-16(14)20/h6-10H,4-5H2,1-3H3,(H,21,22). The Bertz CT molecular complexity index is 731. The molecule has 2 nitrogen and oxygen atoms in total. The molecule has 0 aromatic heterocycles. The molecular formula is C18H19Cl2NOS. The van der Waals surface area contributed by atoms with Gasteiger partial charge in [-0.05, 0) is 54.5 Å². The van der Waals surface area contributed by atoms with E-state index >= 15 is 0 Å². The van der Waals surface area contributed by atoms with Gasteiger partial charge < -0.3 is 5.32 Å². The van der Waals surface area contributed by atoms with Crippen molar-refractivity contribution in [3.05, 3.63) is 57.1 Å². The minimum Gasteiger partial charge on any atom is -0.321 e. The summed E-state index contributed by atoms with van der Waals surface area (Å²) >= 11 is 14.1. The van der Waals surface area contributed by atoms with E-state index in [1.807, 2.05) is 37.4 Å². The van der Waals surface area contributed by atoms with E-state index in [0.717, 1.165) is 34.6 Å². The van der Waals surface area contributed by atoms with Gasteiger partial charge in [-0.2, -0.15) is 0 Å². The normalized spacial score (nSPS) is 10.7. The van der Waals surface area contributed by atoms with Crippen LogP contribution in [0.15, 0.2) is 35.2 Å². The van der Waals surface area contributed by atoms with E-state index in [-0.39, 0.29) is 5.91 Å². The molecule has 0 aliphatic carbocycles. The van der Waals surface area contributed by atoms with Crippen LogP contribution in [-0.4, -0.2) is 12.2 Å². The maximum Gasteiger partial charge on any atom is 0.257 e. The third-order valence-corrected chi connectivity index (χ3v) is 5.14. The van der Waals surface area contributed by atoms with Crippen molar-refractivity contribution >= 4 is 46.6 Å². The third-order valence-electron chi connectivity index (χ3n) is 3.73. The third kappa shape index (κ3) is 4.03. The van der Waals surface area contributed by atoms with Gasteiger partial charge in [-0.15, -0.1) is 11.8 Å². The minimum absolute atomic E-state index is 0.211. The van der Waals surface area contributed by atoms with Gasteiger partial charge in [0.05, 0.1) is 10.6 Å². The van der Waals surface area contributed by atoms with Crippen molar-refractivity contribution < 1.29 is 4.79 Å². The zero-order valence-electron chi connectivity index (χ0n) is 13.4. The summed E-state index contributed by atoms with van der Waals surface area (Å²) in [6.07, 6.45) is 3.53. The first-order valence-electron chi connectivity index (χ1n) is 7.46. The number of anilines is 1. The van der Waals surface area contributed by atoms with Gasteiger partial charge in [-0.3, -0.25) is 4.79 Å². The Labute approximate surface area is 151 Å². The van der Waals surface area contributed by atoms with Crippen LogP contribution in [0, 0.1) is 0 Å². The van der Waals surface area contributed by atoms with Crippen LogP contribution in [0.2, 0.25) is 10.0 Å². The van der Waals surface area contributed by atoms with Crippen molar-refractivity contribution in [2.45, 2.75) is 31.6 Å². The maximum absolute atomic E-state index is 12.7. The molecule has 0 bridgehead atoms. The first kappa shape index (κ1) is 18.2. The SMILES string of the molecule is CCc1ccc(Cl)c(CC)c1NC(=O)c1cc(SC)ccc1Cl. The molecule has 0 radical (unpaired) electrons. The lowest BCUT2D eigenvalue weighted by molar-refractivity contribution is 0.102. The minimum atomic E-state index is -0.211. The Balaban J connectivity index is 2.43. The highest BCUT2D eigenvalue weighted by Gasteiger charge is 2.16. The van der Waals surface area contributed by atoms with E-state index in [0.29, 0.717) is 15.6 Å². The number of benzene rings is 2. The summed E-state index contributed by atoms with van der Waals surface area (Å²) in [6, 6.07) is 9.30. The van der Waals surface area contributed by atoms with Crippen LogP contribution < -0.4 is 5.32 Å². The predicted molar refractivity (Wildman–Crippen MR) is 101 cm³/mol. The van der Waals surface area contributed by atoms with Crippen LogP contribution in [0.5, 0.6) is 0 Å². The highest BCUT2D eigenvalue weighted by atomic mass is 35.5. The van der Waals surface area contributed by atoms with E-state index in [2.05, 4.69) is 12.2 Å². The molecule has 0 spiro atoms. The Kier molecular flexibility index (Phi) is 6.40. The van der Waals surface area contributed by atoms with E-state index in [9.17, 15) is 4.79 Å². The Hall–Kier alpha value is -1.16. The Morgan fingerprint density at radius 2 is 1.78 bits per heavy atom. The lowest BCUT2D eigenvalue weighted by Crippen LogP contribution is -2.15. The number of rotatable bonds is 5. The molecule has 1 amide bonds. The number of hydrogen-bond acceptors (Lipinski definition) is 2. The molecule has 2 aromatic carbocycles. The van der Waals surface area contributed by atoms with Crippen LogP contribution in [0.1, 0.15) is 35.3 Å². The number of hydrogen-bond donors (Lipinski definition) is 1. The number of halogens is 2. The van der Waals surface area contributed by atoms with Crippen molar-refractivity contribution in [3.8, 4) is 0 Å². The average molecular weight is 368 g/mol. The molecule has 0 aliphatic heterocycles. The van der Waals surface area contributed by atoms with E-state index in [4.69, 9.17) is 23.2 Å². The van der Waals surface area contributed by atoms with Crippen LogP contribution in [-0.2, 0) is 12.8 Å². The highest BCUT2D eigenvalue weighted by molar-refractivity contribution is 7.98. The van der Waals surface area contributed by atoms with Crippen molar-refractivity contribution in [3.63, 3.8) is 0 Å². The molecule has 23 heavy (non-hydrogen) atoms. The quantitative estimate of drug-likeness (QED) is 0.647. The lowest BCUT2D eigenvalue weighted by atomic mass is 10.0. The zero-order valence-corrected chi connectivity index (χ0v) is 15.7. The van der Waals surface area contributed by atoms with Gasteiger partial charge in [-0.1, -0.05) is 43.1 Å². The summed E-state index contributed by atoms with van der Waals surface area (Å²) in [5.74, 6) is -0.211. The largest absolute Gasteiger partial charge is 0.321 e. The number of aryl methyl sites for hydroxylation is 1. The Morgan fingerprint density at radius 3 is 2.39 bits per heavy atom. The summed E-state index contributed by atoms with van der Waals surface area (Å²) < 4.78 is 0. The fraction of sp³-hybridized carbons (Fsp3) is 0.278. The van der Waals surface area contributed by atoms with Crippen molar-refractivity contribution in [2.75, 3.05) is 11.6 Å².